The van der Waals surface area contributed by atoms with Crippen LogP contribution in [0, 0.1) is 6.92 Å². The van der Waals surface area contributed by atoms with E-state index in [2.05, 4.69) is 24.4 Å². The molecule has 0 bridgehead atoms. The maximum atomic E-state index is 12.7. The predicted octanol–water partition coefficient (Wildman–Crippen LogP) is 4.70. The Morgan fingerprint density at radius 2 is 1.41 bits per heavy atom. The zero-order valence-electron chi connectivity index (χ0n) is 17.6. The van der Waals surface area contributed by atoms with Crippen LogP contribution < -0.4 is 10.8 Å². The van der Waals surface area contributed by atoms with Crippen LogP contribution in [0.3, 0.4) is 0 Å². The van der Waals surface area contributed by atoms with E-state index in [1.807, 2.05) is 76.2 Å². The molecule has 1 amide bonds. The maximum absolute atomic E-state index is 12.7. The Morgan fingerprint density at radius 3 is 2.07 bits per heavy atom. The second-order valence-corrected chi connectivity index (χ2v) is 8.73. The van der Waals surface area contributed by atoms with Gasteiger partial charge in [-0.1, -0.05) is 42.0 Å². The molecular weight excluding hydrogens is 361 g/mol. The van der Waals surface area contributed by atoms with Crippen LogP contribution in [0.5, 0.6) is 0 Å². The summed E-state index contributed by atoms with van der Waals surface area (Å²) in [5.74, 6) is -0.129. The summed E-state index contributed by atoms with van der Waals surface area (Å²) in [5.41, 5.74) is 2.76. The first-order chi connectivity index (χ1) is 13.6. The number of carbonyl (C=O) groups is 1. The smallest absolute Gasteiger partial charge is 0.399 e. The summed E-state index contributed by atoms with van der Waals surface area (Å²) < 4.78 is 12.2. The van der Waals surface area contributed by atoms with E-state index < -0.39 is 7.12 Å². The Kier molecular flexibility index (Phi) is 4.76. The Morgan fingerprint density at radius 1 is 0.828 bits per heavy atom. The summed E-state index contributed by atoms with van der Waals surface area (Å²) >= 11 is 0. The molecule has 3 aromatic rings. The third-order valence-electron chi connectivity index (χ3n) is 5.95. The Balaban J connectivity index is 1.48. The van der Waals surface area contributed by atoms with Crippen LogP contribution in [-0.4, -0.2) is 24.2 Å². The number of nitrogens with one attached hydrogen (secondary N) is 1. The zero-order valence-corrected chi connectivity index (χ0v) is 17.6. The molecule has 0 aliphatic carbocycles. The van der Waals surface area contributed by atoms with E-state index in [4.69, 9.17) is 9.31 Å². The summed E-state index contributed by atoms with van der Waals surface area (Å²) in [7, 11) is -0.409. The molecule has 0 aromatic heterocycles. The SMILES string of the molecule is Cc1ccc2cc(C(=O)Nc3ccc(B4OC(C)(C)C(C)(C)O4)cc3)ccc2c1. The molecule has 1 N–H and O–H groups in total. The van der Waals surface area contributed by atoms with Gasteiger partial charge in [-0.05, 0) is 75.1 Å². The Labute approximate surface area is 172 Å². The summed E-state index contributed by atoms with van der Waals surface area (Å²) in [6, 6.07) is 19.6. The van der Waals surface area contributed by atoms with Gasteiger partial charge < -0.3 is 14.6 Å². The summed E-state index contributed by atoms with van der Waals surface area (Å²) in [6.45, 7) is 10.2. The fourth-order valence-electron chi connectivity index (χ4n) is 3.41. The molecule has 0 unspecified atom stereocenters. The van der Waals surface area contributed by atoms with E-state index in [0.29, 0.717) is 5.56 Å². The number of benzene rings is 3. The van der Waals surface area contributed by atoms with E-state index >= 15 is 0 Å². The van der Waals surface area contributed by atoms with Crippen molar-refractivity contribution in [2.45, 2.75) is 45.8 Å². The minimum absolute atomic E-state index is 0.129. The summed E-state index contributed by atoms with van der Waals surface area (Å²) in [5, 5.41) is 5.15. The molecule has 3 aromatic carbocycles. The molecule has 0 atom stereocenters. The van der Waals surface area contributed by atoms with Gasteiger partial charge in [0.2, 0.25) is 0 Å². The van der Waals surface area contributed by atoms with Crippen LogP contribution in [0.4, 0.5) is 5.69 Å². The molecule has 1 aliphatic rings. The van der Waals surface area contributed by atoms with Crippen LogP contribution in [0.25, 0.3) is 10.8 Å². The highest BCUT2D eigenvalue weighted by Crippen LogP contribution is 2.36. The maximum Gasteiger partial charge on any atom is 0.494 e. The largest absolute Gasteiger partial charge is 0.494 e. The second-order valence-electron chi connectivity index (χ2n) is 8.73. The lowest BCUT2D eigenvalue weighted by atomic mass is 9.79. The van der Waals surface area contributed by atoms with Crippen molar-refractivity contribution in [3.05, 3.63) is 71.8 Å². The van der Waals surface area contributed by atoms with Crippen molar-refractivity contribution in [1.29, 1.82) is 0 Å². The average molecular weight is 387 g/mol. The summed E-state index contributed by atoms with van der Waals surface area (Å²) in [6.07, 6.45) is 0. The number of fused-ring (bicyclic) bond motifs is 1. The van der Waals surface area contributed by atoms with Gasteiger partial charge in [0.1, 0.15) is 0 Å². The van der Waals surface area contributed by atoms with Crippen molar-refractivity contribution in [2.24, 2.45) is 0 Å². The van der Waals surface area contributed by atoms with E-state index in [0.717, 1.165) is 21.9 Å². The fraction of sp³-hybridized carbons (Fsp3) is 0.292. The number of aryl methyl sites for hydroxylation is 1. The van der Waals surface area contributed by atoms with Crippen molar-refractivity contribution in [3.63, 3.8) is 0 Å². The van der Waals surface area contributed by atoms with E-state index in [1.54, 1.807) is 0 Å². The molecule has 0 spiro atoms. The molecule has 4 nitrogen and oxygen atoms in total. The zero-order chi connectivity index (χ0) is 20.8. The third-order valence-corrected chi connectivity index (χ3v) is 5.95. The first-order valence-electron chi connectivity index (χ1n) is 9.92. The van der Waals surface area contributed by atoms with Crippen LogP contribution in [0.2, 0.25) is 0 Å². The first-order valence-corrected chi connectivity index (χ1v) is 9.92. The number of amides is 1. The van der Waals surface area contributed by atoms with Crippen LogP contribution in [0.1, 0.15) is 43.6 Å². The van der Waals surface area contributed by atoms with Crippen molar-refractivity contribution in [3.8, 4) is 0 Å². The molecule has 0 saturated carbocycles. The van der Waals surface area contributed by atoms with Crippen LogP contribution >= 0.6 is 0 Å². The molecular formula is C24H26BNO3. The normalized spacial score (nSPS) is 17.5. The fourth-order valence-corrected chi connectivity index (χ4v) is 3.41. The highest BCUT2D eigenvalue weighted by Gasteiger charge is 2.51. The van der Waals surface area contributed by atoms with Crippen molar-refractivity contribution < 1.29 is 14.1 Å². The Bertz CT molecular complexity index is 1060. The monoisotopic (exact) mass is 387 g/mol. The lowest BCUT2D eigenvalue weighted by molar-refractivity contribution is 0.00578. The highest BCUT2D eigenvalue weighted by molar-refractivity contribution is 6.62. The van der Waals surface area contributed by atoms with E-state index in [9.17, 15) is 4.79 Å². The van der Waals surface area contributed by atoms with Gasteiger partial charge in [0.25, 0.3) is 5.91 Å². The lowest BCUT2D eigenvalue weighted by Crippen LogP contribution is -2.41. The molecule has 1 heterocycles. The molecule has 5 heteroatoms. The van der Waals surface area contributed by atoms with Gasteiger partial charge in [-0.2, -0.15) is 0 Å². The standard InChI is InChI=1S/C24H26BNO3/c1-16-6-7-18-15-19(9-8-17(18)14-16)22(27)26-21-12-10-20(11-13-21)25-28-23(2,3)24(4,5)29-25/h6-15H,1-5H3,(H,26,27). The molecule has 29 heavy (non-hydrogen) atoms. The van der Waals surface area contributed by atoms with Gasteiger partial charge in [-0.15, -0.1) is 0 Å². The third kappa shape index (κ3) is 3.80. The van der Waals surface area contributed by atoms with E-state index in [1.165, 1.54) is 5.56 Å². The minimum Gasteiger partial charge on any atom is -0.399 e. The van der Waals surface area contributed by atoms with Crippen molar-refractivity contribution >= 4 is 34.9 Å². The molecule has 1 aliphatic heterocycles. The lowest BCUT2D eigenvalue weighted by Gasteiger charge is -2.32. The topological polar surface area (TPSA) is 47.6 Å². The summed E-state index contributed by atoms with van der Waals surface area (Å²) in [4.78, 5) is 12.7. The van der Waals surface area contributed by atoms with Gasteiger partial charge in [-0.3, -0.25) is 4.79 Å². The number of hydrogen-bond donors (Lipinski definition) is 1. The number of hydrogen-bond acceptors (Lipinski definition) is 3. The number of anilines is 1. The van der Waals surface area contributed by atoms with Crippen LogP contribution in [-0.2, 0) is 9.31 Å². The van der Waals surface area contributed by atoms with Crippen LogP contribution in [0.15, 0.2) is 60.7 Å². The highest BCUT2D eigenvalue weighted by atomic mass is 16.7. The second kappa shape index (κ2) is 7.01. The minimum atomic E-state index is -0.409. The van der Waals surface area contributed by atoms with E-state index in [-0.39, 0.29) is 17.1 Å². The molecule has 148 valence electrons. The predicted molar refractivity (Wildman–Crippen MR) is 119 cm³/mol. The van der Waals surface area contributed by atoms with Gasteiger partial charge in [0.05, 0.1) is 11.2 Å². The van der Waals surface area contributed by atoms with Gasteiger partial charge >= 0.3 is 7.12 Å². The number of carbonyl (C=O) groups excluding carboxylic acids is 1. The molecule has 4 rings (SSSR count). The van der Waals surface area contributed by atoms with Crippen molar-refractivity contribution in [2.75, 3.05) is 5.32 Å². The first kappa shape index (κ1) is 19.7. The molecule has 1 fully saturated rings. The average Bonchev–Trinajstić information content (AvgIpc) is 2.89. The van der Waals surface area contributed by atoms with Gasteiger partial charge in [-0.25, -0.2) is 0 Å². The number of rotatable bonds is 3. The van der Waals surface area contributed by atoms with Crippen molar-refractivity contribution in [1.82, 2.24) is 0 Å². The molecule has 0 radical (unpaired) electrons. The molecule has 1 saturated heterocycles. The van der Waals surface area contributed by atoms with Gasteiger partial charge in [0.15, 0.2) is 0 Å². The van der Waals surface area contributed by atoms with Gasteiger partial charge in [0, 0.05) is 11.3 Å². The quantitative estimate of drug-likeness (QED) is 0.663. The Hall–Kier alpha value is -2.63.